The summed E-state index contributed by atoms with van der Waals surface area (Å²) in [4.78, 5) is 0. The van der Waals surface area contributed by atoms with Crippen molar-refractivity contribution in [3.8, 4) is 0 Å². The van der Waals surface area contributed by atoms with Crippen molar-refractivity contribution >= 4 is 41.3 Å². The fraction of sp³-hybridized carbons (Fsp3) is 1.00. The maximum Gasteiger partial charge on any atom is 0.109 e. The lowest BCUT2D eigenvalue weighted by atomic mass is 11.8. The zero-order chi connectivity index (χ0) is 7.71. The van der Waals surface area contributed by atoms with Gasteiger partial charge in [0.05, 0.1) is 0 Å². The van der Waals surface area contributed by atoms with Gasteiger partial charge in [0.25, 0.3) is 0 Å². The summed E-state index contributed by atoms with van der Waals surface area (Å²) in [6, 6.07) is 0. The van der Waals surface area contributed by atoms with E-state index in [2.05, 4.69) is 43.9 Å². The summed E-state index contributed by atoms with van der Waals surface area (Å²) in [5.74, 6) is 0. The van der Waals surface area contributed by atoms with Gasteiger partial charge in [-0.15, -0.1) is 24.8 Å². The molecule has 72 valence electrons. The molecule has 0 aromatic carbocycles. The number of nitrogens with one attached hydrogen (secondary N) is 1. The van der Waals surface area contributed by atoms with Crippen LogP contribution in [0, 0.1) is 0 Å². The van der Waals surface area contributed by atoms with Gasteiger partial charge < -0.3 is 4.65 Å². The molecule has 1 N–H and O–H groups in total. The molecule has 0 rings (SSSR count). The van der Waals surface area contributed by atoms with Gasteiger partial charge in [-0.05, 0) is 0 Å². The largest absolute Gasteiger partial charge is 0.360 e. The van der Waals surface area contributed by atoms with E-state index in [1.54, 1.807) is 0 Å². The minimum atomic E-state index is -0.981. The second-order valence-electron chi connectivity index (χ2n) is 4.62. The number of halogens is 2. The molecule has 0 spiro atoms. The molecule has 0 heterocycles. The van der Waals surface area contributed by atoms with Crippen LogP contribution in [0.15, 0.2) is 0 Å². The molecule has 0 fully saturated rings. The van der Waals surface area contributed by atoms with Crippen molar-refractivity contribution in [1.29, 1.82) is 0 Å². The van der Waals surface area contributed by atoms with E-state index in [0.29, 0.717) is 0 Å². The van der Waals surface area contributed by atoms with E-state index < -0.39 is 16.5 Å². The minimum Gasteiger partial charge on any atom is -0.360 e. The Kier molecular flexibility index (Phi) is 9.10. The molecule has 0 unspecified atom stereocenters. The van der Waals surface area contributed by atoms with Crippen molar-refractivity contribution in [2.45, 2.75) is 39.3 Å². The second-order valence-corrected chi connectivity index (χ2v) is 14.6. The van der Waals surface area contributed by atoms with Gasteiger partial charge in [0.1, 0.15) is 16.5 Å². The van der Waals surface area contributed by atoms with Crippen molar-refractivity contribution in [2.24, 2.45) is 0 Å². The lowest BCUT2D eigenvalue weighted by Gasteiger charge is -2.28. The van der Waals surface area contributed by atoms with Crippen LogP contribution in [0.4, 0.5) is 0 Å². The smallest absolute Gasteiger partial charge is 0.109 e. The topological polar surface area (TPSA) is 12.0 Å². The molecule has 0 aliphatic rings. The normalized spacial score (nSPS) is 11.5. The molecule has 0 bridgehead atoms. The van der Waals surface area contributed by atoms with E-state index >= 15 is 0 Å². The molecular weight excluding hydrogens is 213 g/mol. The van der Waals surface area contributed by atoms with E-state index in [1.165, 1.54) is 0 Å². The molecule has 0 aliphatic carbocycles. The molecule has 5 heteroatoms. The van der Waals surface area contributed by atoms with Crippen molar-refractivity contribution in [3.63, 3.8) is 0 Å². The Bertz CT molecular complexity index is 83.7. The van der Waals surface area contributed by atoms with E-state index in [0.717, 1.165) is 0 Å². The Morgan fingerprint density at radius 1 is 0.636 bits per heavy atom. The first-order valence-corrected chi connectivity index (χ1v) is 10.5. The fourth-order valence-electron chi connectivity index (χ4n) is 1.12. The highest BCUT2D eigenvalue weighted by atomic mass is 35.5. The summed E-state index contributed by atoms with van der Waals surface area (Å²) < 4.78 is 3.74. The Balaban J connectivity index is -0.000000320. The van der Waals surface area contributed by atoms with Crippen LogP contribution in [0.5, 0.6) is 0 Å². The summed E-state index contributed by atoms with van der Waals surface area (Å²) in [5.41, 5.74) is 0. The first-order valence-electron chi connectivity index (χ1n) is 3.50. The maximum absolute atomic E-state index is 3.74. The van der Waals surface area contributed by atoms with E-state index in [1.807, 2.05) is 0 Å². The van der Waals surface area contributed by atoms with Gasteiger partial charge in [0, 0.05) is 0 Å². The SMILES string of the molecule is C[Si](C)(C)N[Si](C)(C)C.Cl.Cl. The second kappa shape index (κ2) is 5.59. The molecule has 0 amide bonds. The predicted octanol–water partition coefficient (Wildman–Crippen LogP) is 3.09. The molecule has 11 heavy (non-hydrogen) atoms. The van der Waals surface area contributed by atoms with Crippen molar-refractivity contribution in [3.05, 3.63) is 0 Å². The molecule has 0 atom stereocenters. The lowest BCUT2D eigenvalue weighted by Crippen LogP contribution is -2.55. The Hall–Kier alpha value is 0.974. The third kappa shape index (κ3) is 18.2. The average molecular weight is 234 g/mol. The molecular formula is C6H21Cl2NSi2. The molecule has 0 saturated heterocycles. The maximum atomic E-state index is 3.74. The third-order valence-corrected chi connectivity index (χ3v) is 6.75. The highest BCUT2D eigenvalue weighted by molar-refractivity contribution is 6.90. The van der Waals surface area contributed by atoms with Crippen molar-refractivity contribution < 1.29 is 0 Å². The average Bonchev–Trinajstić information content (AvgIpc) is 1.14. The van der Waals surface area contributed by atoms with Gasteiger partial charge in [-0.3, -0.25) is 0 Å². The summed E-state index contributed by atoms with van der Waals surface area (Å²) >= 11 is 0. The number of hydrogen-bond donors (Lipinski definition) is 1. The molecule has 0 radical (unpaired) electrons. The summed E-state index contributed by atoms with van der Waals surface area (Å²) in [7, 11) is -1.96. The molecule has 1 nitrogen and oxygen atoms in total. The number of hydrogen-bond acceptors (Lipinski definition) is 1. The fourth-order valence-corrected chi connectivity index (χ4v) is 10.1. The van der Waals surface area contributed by atoms with E-state index in [9.17, 15) is 0 Å². The zero-order valence-corrected chi connectivity index (χ0v) is 11.9. The van der Waals surface area contributed by atoms with E-state index in [4.69, 9.17) is 0 Å². The third-order valence-electron chi connectivity index (χ3n) is 0.750. The van der Waals surface area contributed by atoms with Crippen LogP contribution < -0.4 is 4.65 Å². The Labute approximate surface area is 85.3 Å². The quantitative estimate of drug-likeness (QED) is 0.724. The molecule has 0 aromatic heterocycles. The van der Waals surface area contributed by atoms with Gasteiger partial charge in [0.15, 0.2) is 0 Å². The van der Waals surface area contributed by atoms with Crippen LogP contribution in [-0.2, 0) is 0 Å². The van der Waals surface area contributed by atoms with Gasteiger partial charge in [0.2, 0.25) is 0 Å². The lowest BCUT2D eigenvalue weighted by molar-refractivity contribution is 1.30. The summed E-state index contributed by atoms with van der Waals surface area (Å²) in [5, 5.41) is 0. The Morgan fingerprint density at radius 3 is 0.818 bits per heavy atom. The monoisotopic (exact) mass is 233 g/mol. The van der Waals surface area contributed by atoms with Crippen LogP contribution in [0.3, 0.4) is 0 Å². The standard InChI is InChI=1S/C6H19NSi2.2ClH/c1-8(2,3)7-9(4,5)6;;/h7H,1-6H3;2*1H. The number of rotatable bonds is 2. The van der Waals surface area contributed by atoms with Crippen molar-refractivity contribution in [1.82, 2.24) is 4.65 Å². The van der Waals surface area contributed by atoms with Crippen LogP contribution in [0.1, 0.15) is 0 Å². The van der Waals surface area contributed by atoms with Crippen LogP contribution >= 0.6 is 24.8 Å². The summed E-state index contributed by atoms with van der Waals surface area (Å²) in [6.07, 6.45) is 0. The van der Waals surface area contributed by atoms with E-state index in [-0.39, 0.29) is 24.8 Å². The summed E-state index contributed by atoms with van der Waals surface area (Å²) in [6.45, 7) is 14.1. The van der Waals surface area contributed by atoms with Gasteiger partial charge >= 0.3 is 0 Å². The molecule has 0 saturated carbocycles. The van der Waals surface area contributed by atoms with Crippen LogP contribution in [0.25, 0.3) is 0 Å². The Morgan fingerprint density at radius 2 is 0.818 bits per heavy atom. The minimum absolute atomic E-state index is 0. The molecule has 0 aliphatic heterocycles. The van der Waals surface area contributed by atoms with Crippen LogP contribution in [-0.4, -0.2) is 16.5 Å². The van der Waals surface area contributed by atoms with Gasteiger partial charge in [-0.1, -0.05) is 39.3 Å². The van der Waals surface area contributed by atoms with Crippen molar-refractivity contribution in [2.75, 3.05) is 0 Å². The van der Waals surface area contributed by atoms with Gasteiger partial charge in [-0.2, -0.15) is 0 Å². The van der Waals surface area contributed by atoms with Crippen LogP contribution in [0.2, 0.25) is 39.3 Å². The van der Waals surface area contributed by atoms with Gasteiger partial charge in [-0.25, -0.2) is 0 Å². The molecule has 0 aromatic rings. The highest BCUT2D eigenvalue weighted by Crippen LogP contribution is 2.02. The first kappa shape index (κ1) is 17.9. The predicted molar refractivity (Wildman–Crippen MR) is 64.3 cm³/mol. The first-order chi connectivity index (χ1) is 3.71. The zero-order valence-electron chi connectivity index (χ0n) is 8.32. The highest BCUT2D eigenvalue weighted by Gasteiger charge is 2.22.